The van der Waals surface area contributed by atoms with Crippen LogP contribution < -0.4 is 20.7 Å². The van der Waals surface area contributed by atoms with Crippen LogP contribution in [0.2, 0.25) is 0 Å². The number of nitrogens with zero attached hydrogens (tertiary/aromatic N) is 3. The molecular weight excluding hydrogens is 492 g/mol. The van der Waals surface area contributed by atoms with Gasteiger partial charge in [0, 0.05) is 39.0 Å². The molecule has 3 heterocycles. The van der Waals surface area contributed by atoms with Gasteiger partial charge in [-0.15, -0.1) is 0 Å². The first-order valence-corrected chi connectivity index (χ1v) is 13.7. The van der Waals surface area contributed by atoms with E-state index in [0.29, 0.717) is 24.6 Å². The third-order valence-electron chi connectivity index (χ3n) is 6.61. The molecule has 5 rings (SSSR count). The molecular formula is C24H30F3N6O2P. The van der Waals surface area contributed by atoms with Gasteiger partial charge in [0.05, 0.1) is 30.4 Å². The fourth-order valence-corrected chi connectivity index (χ4v) is 6.92. The lowest BCUT2D eigenvalue weighted by Crippen LogP contribution is -2.37. The summed E-state index contributed by atoms with van der Waals surface area (Å²) in [7, 11) is 2.89. The number of rotatable bonds is 9. The lowest BCUT2D eigenvalue weighted by Gasteiger charge is -2.32. The number of aromatic amines is 1. The number of hydrogen-bond acceptors (Lipinski definition) is 7. The van der Waals surface area contributed by atoms with Gasteiger partial charge in [0.15, 0.2) is 0 Å². The van der Waals surface area contributed by atoms with Crippen molar-refractivity contribution in [1.82, 2.24) is 19.9 Å². The number of nitrogens with one attached hydrogen (secondary N) is 3. The Morgan fingerprint density at radius 3 is 2.61 bits per heavy atom. The van der Waals surface area contributed by atoms with Gasteiger partial charge in [0.25, 0.3) is 0 Å². The van der Waals surface area contributed by atoms with Crippen molar-refractivity contribution in [3.8, 4) is 5.75 Å². The molecule has 0 amide bonds. The minimum absolute atomic E-state index is 0.0783. The van der Waals surface area contributed by atoms with Crippen LogP contribution in [0.3, 0.4) is 0 Å². The van der Waals surface area contributed by atoms with E-state index in [2.05, 4.69) is 42.6 Å². The maximum absolute atomic E-state index is 13.6. The first-order chi connectivity index (χ1) is 17.4. The van der Waals surface area contributed by atoms with Crippen LogP contribution in [-0.4, -0.2) is 78.7 Å². The van der Waals surface area contributed by atoms with Crippen LogP contribution in [-0.2, 0) is 10.9 Å². The summed E-state index contributed by atoms with van der Waals surface area (Å²) in [5, 5.41) is 7.26. The number of halogens is 3. The van der Waals surface area contributed by atoms with Crippen molar-refractivity contribution in [3.63, 3.8) is 0 Å². The summed E-state index contributed by atoms with van der Waals surface area (Å²) >= 11 is 0. The van der Waals surface area contributed by atoms with Crippen LogP contribution in [0.1, 0.15) is 18.4 Å². The molecule has 2 aliphatic rings. The average molecular weight is 523 g/mol. The van der Waals surface area contributed by atoms with Gasteiger partial charge in [-0.05, 0) is 42.6 Å². The molecule has 0 unspecified atom stereocenters. The molecule has 3 N–H and O–H groups in total. The van der Waals surface area contributed by atoms with Crippen molar-refractivity contribution in [2.24, 2.45) is 0 Å². The van der Waals surface area contributed by atoms with Crippen LogP contribution in [0, 0.1) is 0 Å². The van der Waals surface area contributed by atoms with E-state index < -0.39 is 11.7 Å². The Morgan fingerprint density at radius 2 is 1.94 bits per heavy atom. The largest absolute Gasteiger partial charge is 0.495 e. The summed E-state index contributed by atoms with van der Waals surface area (Å²) < 4.78 is 51.4. The standard InChI is InChI=1S/C24H30F3N6O2P/c1-34-10-7-28-21-20-17(24(25,26)27)14-29-22(20)32-23(31-21)30-18-6-5-16(13-19(18)35-2)36-11-8-33(9-12-36)15-3-4-15/h5-6,13-15H,3-4,7-12H2,1-2H3,(H3,28,29,30,31,32). The minimum atomic E-state index is -4.54. The highest BCUT2D eigenvalue weighted by Crippen LogP contribution is 2.42. The van der Waals surface area contributed by atoms with Crippen molar-refractivity contribution in [1.29, 1.82) is 0 Å². The molecule has 36 heavy (non-hydrogen) atoms. The molecule has 2 aromatic heterocycles. The predicted molar refractivity (Wildman–Crippen MR) is 136 cm³/mol. The molecule has 0 radical (unpaired) electrons. The number of alkyl halides is 3. The van der Waals surface area contributed by atoms with Gasteiger partial charge in [-0.3, -0.25) is 4.90 Å². The second-order valence-electron chi connectivity index (χ2n) is 9.00. The number of methoxy groups -OCH3 is 2. The number of aromatic nitrogens is 3. The summed E-state index contributed by atoms with van der Waals surface area (Å²) in [6.45, 7) is 2.92. The van der Waals surface area contributed by atoms with Gasteiger partial charge in [-0.2, -0.15) is 23.1 Å². The zero-order valence-electron chi connectivity index (χ0n) is 20.3. The smallest absolute Gasteiger partial charge is 0.418 e. The predicted octanol–water partition coefficient (Wildman–Crippen LogP) is 4.37. The van der Waals surface area contributed by atoms with Crippen LogP contribution in [0.25, 0.3) is 11.0 Å². The van der Waals surface area contributed by atoms with E-state index in [0.717, 1.165) is 25.3 Å². The molecule has 12 heteroatoms. The fourth-order valence-electron chi connectivity index (χ4n) is 4.60. The Labute approximate surface area is 208 Å². The fraction of sp³-hybridized carbons (Fsp3) is 0.500. The van der Waals surface area contributed by atoms with Gasteiger partial charge in [-0.25, -0.2) is 0 Å². The van der Waals surface area contributed by atoms with E-state index in [1.165, 1.54) is 37.6 Å². The number of fused-ring (bicyclic) bond motifs is 1. The Kier molecular flexibility index (Phi) is 7.23. The SMILES string of the molecule is COCCNc1nc(Nc2ccc(P3CCN(C4CC4)CC3)cc2OC)nc2[nH]cc(C(F)(F)F)c12. The lowest BCUT2D eigenvalue weighted by atomic mass is 10.2. The van der Waals surface area contributed by atoms with Gasteiger partial charge in [-0.1, -0.05) is 14.0 Å². The van der Waals surface area contributed by atoms with E-state index in [-0.39, 0.29) is 30.7 Å². The number of benzene rings is 1. The summed E-state index contributed by atoms with van der Waals surface area (Å²) in [6.07, 6.45) is 1.42. The number of H-pyrrole nitrogens is 1. The van der Waals surface area contributed by atoms with Crippen LogP contribution in [0.5, 0.6) is 5.75 Å². The van der Waals surface area contributed by atoms with Crippen LogP contribution >= 0.6 is 7.92 Å². The third-order valence-corrected chi connectivity index (χ3v) is 9.10. The molecule has 0 spiro atoms. The maximum atomic E-state index is 13.6. The van der Waals surface area contributed by atoms with Crippen molar-refractivity contribution in [2.45, 2.75) is 25.1 Å². The Bertz CT molecular complexity index is 1210. The van der Waals surface area contributed by atoms with E-state index in [4.69, 9.17) is 9.47 Å². The molecule has 2 fully saturated rings. The van der Waals surface area contributed by atoms with Gasteiger partial charge < -0.3 is 25.1 Å². The molecule has 0 bridgehead atoms. The van der Waals surface area contributed by atoms with E-state index in [9.17, 15) is 13.2 Å². The molecule has 1 aliphatic carbocycles. The van der Waals surface area contributed by atoms with E-state index in [1.54, 1.807) is 7.11 Å². The molecule has 1 saturated carbocycles. The second-order valence-corrected chi connectivity index (χ2v) is 11.5. The number of hydrogen-bond donors (Lipinski definition) is 3. The zero-order chi connectivity index (χ0) is 25.3. The molecule has 8 nitrogen and oxygen atoms in total. The molecule has 1 aliphatic heterocycles. The van der Waals surface area contributed by atoms with E-state index in [1.807, 2.05) is 6.07 Å². The van der Waals surface area contributed by atoms with Gasteiger partial charge in [0.1, 0.15) is 17.2 Å². The normalized spacial score (nSPS) is 17.5. The molecule has 0 atom stereocenters. The van der Waals surface area contributed by atoms with Crippen molar-refractivity contribution >= 4 is 41.7 Å². The summed E-state index contributed by atoms with van der Waals surface area (Å²) in [6, 6.07) is 6.91. The summed E-state index contributed by atoms with van der Waals surface area (Å²) in [4.78, 5) is 13.9. The minimum Gasteiger partial charge on any atom is -0.495 e. The highest BCUT2D eigenvalue weighted by Gasteiger charge is 2.36. The Balaban J connectivity index is 1.39. The van der Waals surface area contributed by atoms with Crippen molar-refractivity contribution < 1.29 is 22.6 Å². The molecule has 1 saturated heterocycles. The van der Waals surface area contributed by atoms with E-state index >= 15 is 0 Å². The van der Waals surface area contributed by atoms with Gasteiger partial charge >= 0.3 is 6.18 Å². The first kappa shape index (κ1) is 25.0. The molecule has 1 aromatic carbocycles. The Morgan fingerprint density at radius 1 is 1.17 bits per heavy atom. The highest BCUT2D eigenvalue weighted by atomic mass is 31.1. The second kappa shape index (κ2) is 10.4. The van der Waals surface area contributed by atoms with Crippen molar-refractivity contribution in [3.05, 3.63) is 30.0 Å². The van der Waals surface area contributed by atoms with Crippen molar-refractivity contribution in [2.75, 3.05) is 63.4 Å². The topological polar surface area (TPSA) is 87.3 Å². The molecule has 3 aromatic rings. The Hall–Kier alpha value is -2.62. The summed E-state index contributed by atoms with van der Waals surface area (Å²) in [5.74, 6) is 0.891. The highest BCUT2D eigenvalue weighted by molar-refractivity contribution is 7.65. The molecule has 194 valence electrons. The quantitative estimate of drug-likeness (QED) is 0.284. The average Bonchev–Trinajstić information content (AvgIpc) is 3.62. The zero-order valence-corrected chi connectivity index (χ0v) is 21.2. The summed E-state index contributed by atoms with van der Waals surface area (Å²) in [5.41, 5.74) is -0.0835. The number of ether oxygens (including phenoxy) is 2. The monoisotopic (exact) mass is 522 g/mol. The maximum Gasteiger partial charge on any atom is 0.418 e. The first-order valence-electron chi connectivity index (χ1n) is 12.0. The number of anilines is 3. The van der Waals surface area contributed by atoms with Crippen LogP contribution in [0.15, 0.2) is 24.4 Å². The van der Waals surface area contributed by atoms with Crippen LogP contribution in [0.4, 0.5) is 30.6 Å². The third kappa shape index (κ3) is 5.38. The lowest BCUT2D eigenvalue weighted by molar-refractivity contribution is -0.136. The van der Waals surface area contributed by atoms with Gasteiger partial charge in [0.2, 0.25) is 5.95 Å².